The summed E-state index contributed by atoms with van der Waals surface area (Å²) >= 11 is 1.90. The predicted molar refractivity (Wildman–Crippen MR) is 221 cm³/mol. The number of hydrogen-bond donors (Lipinski definition) is 0. The Hall–Kier alpha value is -5.84. The molecule has 53 heavy (non-hydrogen) atoms. The Kier molecular flexibility index (Phi) is 5.71. The molecule has 0 amide bonds. The molecule has 0 fully saturated rings. The largest absolute Gasteiger partial charge is 0.308 e. The fourth-order valence-corrected chi connectivity index (χ4v) is 11.7. The number of allylic oxidation sites excluding steroid dienone is 1. The predicted octanol–water partition coefficient (Wildman–Crippen LogP) is 11.6. The lowest BCUT2D eigenvalue weighted by Gasteiger charge is -2.47. The van der Waals surface area contributed by atoms with Gasteiger partial charge in [0.25, 0.3) is 0 Å². The molecule has 0 saturated heterocycles. The third kappa shape index (κ3) is 3.69. The van der Waals surface area contributed by atoms with E-state index in [-0.39, 0.29) is 11.0 Å². The second-order valence-electron chi connectivity index (χ2n) is 15.8. The topological polar surface area (TPSA) is 12.2 Å². The van der Waals surface area contributed by atoms with Crippen molar-refractivity contribution in [2.24, 2.45) is 0 Å². The van der Waals surface area contributed by atoms with Gasteiger partial charge in [-0.25, -0.2) is 0 Å². The van der Waals surface area contributed by atoms with Gasteiger partial charge in [-0.2, -0.15) is 9.13 Å². The summed E-state index contributed by atoms with van der Waals surface area (Å²) in [5.41, 5.74) is 12.4. The van der Waals surface area contributed by atoms with E-state index in [4.69, 9.17) is 6.58 Å². The minimum atomic E-state index is -0.296. The van der Waals surface area contributed by atoms with Crippen LogP contribution in [0.25, 0.3) is 86.5 Å². The number of rotatable bonds is 0. The maximum absolute atomic E-state index is 4.83. The summed E-state index contributed by atoms with van der Waals surface area (Å²) in [5, 5.41) is 8.00. The second kappa shape index (κ2) is 10.2. The molecular weight excluding hydrogens is 663 g/mol. The molecule has 12 rings (SSSR count). The Morgan fingerprint density at radius 2 is 1.34 bits per heavy atom. The number of pyridine rings is 2. The van der Waals surface area contributed by atoms with E-state index in [0.717, 1.165) is 25.0 Å². The van der Waals surface area contributed by atoms with Gasteiger partial charge >= 0.3 is 0 Å². The minimum Gasteiger partial charge on any atom is -0.308 e. The zero-order valence-electron chi connectivity index (χ0n) is 29.9. The van der Waals surface area contributed by atoms with Crippen molar-refractivity contribution in [2.75, 3.05) is 0 Å². The fourth-order valence-electron chi connectivity index (χ4n) is 10.5. The van der Waals surface area contributed by atoms with E-state index < -0.39 is 0 Å². The smallest absolute Gasteiger partial charge is 0.218 e. The van der Waals surface area contributed by atoms with E-state index in [1.54, 1.807) is 0 Å². The highest BCUT2D eigenvalue weighted by molar-refractivity contribution is 7.25. The van der Waals surface area contributed by atoms with Crippen LogP contribution in [-0.4, -0.2) is 4.40 Å². The van der Waals surface area contributed by atoms with Gasteiger partial charge in [-0.3, -0.25) is 0 Å². The maximum atomic E-state index is 4.83. The van der Waals surface area contributed by atoms with Crippen LogP contribution in [0.1, 0.15) is 37.8 Å². The molecule has 0 saturated carbocycles. The highest BCUT2D eigenvalue weighted by Gasteiger charge is 2.59. The molecule has 10 aromatic rings. The number of benzene rings is 5. The van der Waals surface area contributed by atoms with E-state index in [2.05, 4.69) is 167 Å². The van der Waals surface area contributed by atoms with E-state index in [1.165, 1.54) is 91.9 Å². The molecule has 0 radical (unpaired) electrons. The highest BCUT2D eigenvalue weighted by atomic mass is 32.1. The number of fused-ring (bicyclic) bond motifs is 18. The van der Waals surface area contributed by atoms with Crippen molar-refractivity contribution in [1.82, 2.24) is 4.40 Å². The second-order valence-corrected chi connectivity index (χ2v) is 16.9. The monoisotopic (exact) mass is 699 g/mol. The van der Waals surface area contributed by atoms with Crippen LogP contribution in [-0.2, 0) is 17.4 Å². The molecule has 2 aliphatic heterocycles. The standard InChI is InChI=1S/C49H37N3S/c1-30-29-49(3)48(2,22-21-31-13-4-5-14-32(31)41-18-8-10-23-50(30)41)40-28-44-36(25-39(40)42-19-9-11-24-51(42)49)34-16-12-17-35-37-27-46-38(26-43(37)52(44)47(34)35)33-15-6-7-20-45(33)53-46/h4-20,23-28H,1,21-22,29H2,2-3H3/q+2. The first-order valence-corrected chi connectivity index (χ1v) is 19.6. The van der Waals surface area contributed by atoms with Gasteiger partial charge in [0.1, 0.15) is 0 Å². The molecule has 252 valence electrons. The van der Waals surface area contributed by atoms with Gasteiger partial charge in [-0.15, -0.1) is 11.3 Å². The van der Waals surface area contributed by atoms with Crippen molar-refractivity contribution < 1.29 is 9.13 Å². The first-order chi connectivity index (χ1) is 25.9. The quantitative estimate of drug-likeness (QED) is 0.140. The molecule has 0 N–H and O–H groups in total. The van der Waals surface area contributed by atoms with Crippen molar-refractivity contribution in [3.05, 3.63) is 157 Å². The third-order valence-electron chi connectivity index (χ3n) is 13.3. The molecule has 0 bridgehead atoms. The summed E-state index contributed by atoms with van der Waals surface area (Å²) in [7, 11) is 0. The van der Waals surface area contributed by atoms with Gasteiger partial charge in [0.05, 0.1) is 33.9 Å². The van der Waals surface area contributed by atoms with Crippen LogP contribution in [0.15, 0.2) is 146 Å². The van der Waals surface area contributed by atoms with E-state index in [1.807, 2.05) is 11.3 Å². The Morgan fingerprint density at radius 1 is 0.623 bits per heavy atom. The summed E-state index contributed by atoms with van der Waals surface area (Å²) in [6, 6.07) is 48.1. The van der Waals surface area contributed by atoms with Crippen molar-refractivity contribution in [1.29, 1.82) is 0 Å². The summed E-state index contributed by atoms with van der Waals surface area (Å²) < 4.78 is 10.2. The van der Waals surface area contributed by atoms with Crippen LogP contribution >= 0.6 is 11.3 Å². The van der Waals surface area contributed by atoms with Crippen LogP contribution in [0.5, 0.6) is 0 Å². The molecule has 0 aliphatic carbocycles. The minimum absolute atomic E-state index is 0.229. The van der Waals surface area contributed by atoms with Crippen molar-refractivity contribution >= 4 is 75.3 Å². The van der Waals surface area contributed by atoms with Crippen LogP contribution in [0, 0.1) is 0 Å². The highest BCUT2D eigenvalue weighted by Crippen LogP contribution is 2.54. The maximum Gasteiger partial charge on any atom is 0.218 e. The molecule has 7 heterocycles. The molecule has 2 aliphatic rings. The molecule has 3 nitrogen and oxygen atoms in total. The molecular formula is C49H37N3S+2. The van der Waals surface area contributed by atoms with Crippen molar-refractivity contribution in [2.45, 2.75) is 44.1 Å². The third-order valence-corrected chi connectivity index (χ3v) is 14.5. The van der Waals surface area contributed by atoms with Gasteiger partial charge in [-0.1, -0.05) is 54.6 Å². The van der Waals surface area contributed by atoms with Gasteiger partial charge in [-0.05, 0) is 86.0 Å². The Morgan fingerprint density at radius 3 is 2.23 bits per heavy atom. The number of thiophene rings is 1. The molecule has 0 spiro atoms. The lowest BCUT2D eigenvalue weighted by atomic mass is 9.59. The average molecular weight is 700 g/mol. The lowest BCUT2D eigenvalue weighted by Crippen LogP contribution is -2.68. The molecule has 4 heteroatoms. The van der Waals surface area contributed by atoms with Crippen molar-refractivity contribution in [3.63, 3.8) is 0 Å². The van der Waals surface area contributed by atoms with Crippen LogP contribution in [0.2, 0.25) is 0 Å². The first-order valence-electron chi connectivity index (χ1n) is 18.8. The number of aryl methyl sites for hydroxylation is 1. The molecule has 2 atom stereocenters. The number of para-hydroxylation sites is 1. The van der Waals surface area contributed by atoms with Crippen molar-refractivity contribution in [3.8, 4) is 22.5 Å². The van der Waals surface area contributed by atoms with E-state index in [9.17, 15) is 0 Å². The van der Waals surface area contributed by atoms with Crippen LogP contribution < -0.4 is 9.13 Å². The number of hydrogen-bond acceptors (Lipinski definition) is 1. The van der Waals surface area contributed by atoms with Gasteiger partial charge in [0.2, 0.25) is 11.4 Å². The normalized spacial score (nSPS) is 19.8. The summed E-state index contributed by atoms with van der Waals surface area (Å²) in [6.07, 6.45) is 7.31. The fraction of sp³-hybridized carbons (Fsp3) is 0.143. The zero-order chi connectivity index (χ0) is 35.2. The molecule has 2 unspecified atom stereocenters. The Balaban J connectivity index is 1.19. The average Bonchev–Trinajstić information content (AvgIpc) is 3.84. The number of nitrogens with zero attached hydrogens (tertiary/aromatic N) is 3. The summed E-state index contributed by atoms with van der Waals surface area (Å²) in [4.78, 5) is 0. The lowest BCUT2D eigenvalue weighted by molar-refractivity contribution is -0.766. The SMILES string of the molecule is C=C1CC2(C)[n+]3ccccc3-c3cc4c5cccc6c7cc8sc9ccccc9c8cc7n(c4cc3C2(C)CCc2ccccc2-c2cccc[n+]21)c56. The number of aromatic nitrogens is 3. The Bertz CT molecular complexity index is 3220. The van der Waals surface area contributed by atoms with Crippen LogP contribution in [0.3, 0.4) is 0 Å². The summed E-state index contributed by atoms with van der Waals surface area (Å²) in [5.74, 6) is 0. The zero-order valence-corrected chi connectivity index (χ0v) is 30.7. The van der Waals surface area contributed by atoms with Gasteiger partial charge < -0.3 is 4.40 Å². The van der Waals surface area contributed by atoms with Crippen LogP contribution in [0.4, 0.5) is 0 Å². The molecule has 5 aromatic carbocycles. The summed E-state index contributed by atoms with van der Waals surface area (Å²) in [6.45, 7) is 9.86. The molecule has 5 aromatic heterocycles. The van der Waals surface area contributed by atoms with E-state index in [0.29, 0.717) is 0 Å². The van der Waals surface area contributed by atoms with Gasteiger partial charge in [0.15, 0.2) is 23.6 Å². The first kappa shape index (κ1) is 29.7. The Labute approximate surface area is 311 Å². The van der Waals surface area contributed by atoms with E-state index >= 15 is 0 Å². The van der Waals surface area contributed by atoms with Gasteiger partial charge in [0, 0.05) is 78.5 Å².